The zero-order valence-electron chi connectivity index (χ0n) is 8.36. The maximum absolute atomic E-state index is 11.7. The molecule has 3 aromatic rings. The van der Waals surface area contributed by atoms with Crippen molar-refractivity contribution in [1.29, 1.82) is 0 Å². The average molecular weight is 288 g/mol. The maximum Gasteiger partial charge on any atom is 0.266 e. The number of hydrogen-bond acceptors (Lipinski definition) is 3. The molecule has 0 spiro atoms. The van der Waals surface area contributed by atoms with Crippen LogP contribution in [0, 0.1) is 0 Å². The highest BCUT2D eigenvalue weighted by Gasteiger charge is 2.10. The van der Waals surface area contributed by atoms with Gasteiger partial charge < -0.3 is 10.1 Å². The molecule has 0 aliphatic heterocycles. The molecule has 3 nitrogen and oxygen atoms in total. The first-order valence-corrected chi connectivity index (χ1v) is 5.84. The van der Waals surface area contributed by atoms with Gasteiger partial charge in [0, 0.05) is 21.7 Å². The molecule has 88 valence electrons. The number of fused-ring (bicyclic) bond motifs is 3. The lowest BCUT2D eigenvalue weighted by atomic mass is 10.1. The normalized spacial score (nSPS) is 10.6. The number of nitrogens with one attached hydrogen (secondary N) is 1. The van der Waals surface area contributed by atoms with Gasteiger partial charge in [-0.3, -0.25) is 4.79 Å². The molecule has 2 heterocycles. The van der Waals surface area contributed by atoms with E-state index in [0.29, 0.717) is 20.6 Å². The summed E-state index contributed by atoms with van der Waals surface area (Å²) in [5.74, 6) is 0.156. The van der Waals surface area contributed by atoms with Crippen molar-refractivity contribution in [2.24, 2.45) is 0 Å². The summed E-state index contributed by atoms with van der Waals surface area (Å²) in [5.41, 5.74) is 0.528. The molecule has 1 aromatic carbocycles. The summed E-state index contributed by atoms with van der Waals surface area (Å²) >= 11 is 7.36. The largest absolute Gasteiger partial charge is 0.508 e. The van der Waals surface area contributed by atoms with E-state index in [1.54, 1.807) is 17.5 Å². The van der Waals surface area contributed by atoms with Crippen molar-refractivity contribution in [3.05, 3.63) is 39.0 Å². The van der Waals surface area contributed by atoms with Gasteiger partial charge in [-0.1, -0.05) is 11.6 Å². The predicted molar refractivity (Wildman–Crippen MR) is 73.9 cm³/mol. The van der Waals surface area contributed by atoms with Crippen LogP contribution in [0.25, 0.3) is 21.0 Å². The first-order valence-electron chi connectivity index (χ1n) is 4.58. The van der Waals surface area contributed by atoms with Gasteiger partial charge in [0.1, 0.15) is 10.4 Å². The van der Waals surface area contributed by atoms with Crippen LogP contribution in [0.15, 0.2) is 28.4 Å². The number of halogens is 2. The number of phenols is 1. The highest BCUT2D eigenvalue weighted by atomic mass is 35.5. The Labute approximate surface area is 111 Å². The molecule has 0 aliphatic carbocycles. The van der Waals surface area contributed by atoms with Gasteiger partial charge >= 0.3 is 0 Å². The Bertz CT molecular complexity index is 763. The van der Waals surface area contributed by atoms with E-state index in [4.69, 9.17) is 11.6 Å². The van der Waals surface area contributed by atoms with Gasteiger partial charge in [0.05, 0.1) is 5.02 Å². The fourth-order valence-corrected chi connectivity index (χ4v) is 3.00. The number of thiophene rings is 1. The lowest BCUT2D eigenvalue weighted by molar-refractivity contribution is 0.476. The molecule has 2 aromatic heterocycles. The minimum Gasteiger partial charge on any atom is -0.508 e. The van der Waals surface area contributed by atoms with E-state index in [0.717, 1.165) is 5.39 Å². The molecule has 0 aliphatic rings. The Kier molecular flexibility index (Phi) is 3.03. The zero-order chi connectivity index (χ0) is 11.3. The number of benzene rings is 1. The molecule has 0 unspecified atom stereocenters. The van der Waals surface area contributed by atoms with Crippen molar-refractivity contribution in [1.82, 2.24) is 4.98 Å². The van der Waals surface area contributed by atoms with Crippen molar-refractivity contribution in [2.75, 3.05) is 0 Å². The standard InChI is InChI=1S/C11H6ClNO2S.ClH/c12-7-4-16-10-9(7)6-3-5(14)1-2-8(6)13-11(10)15;/h1-4,14H,(H,13,15);1H. The van der Waals surface area contributed by atoms with Gasteiger partial charge in [-0.2, -0.15) is 0 Å². The van der Waals surface area contributed by atoms with Crippen LogP contribution in [0.3, 0.4) is 0 Å². The average Bonchev–Trinajstić information content (AvgIpc) is 2.63. The number of pyridine rings is 1. The van der Waals surface area contributed by atoms with E-state index in [2.05, 4.69) is 4.98 Å². The number of aromatic amines is 1. The second kappa shape index (κ2) is 4.22. The van der Waals surface area contributed by atoms with Gasteiger partial charge in [0.2, 0.25) is 0 Å². The molecule has 2 N–H and O–H groups in total. The second-order valence-corrected chi connectivity index (χ2v) is 4.76. The third kappa shape index (κ3) is 1.78. The smallest absolute Gasteiger partial charge is 0.266 e. The van der Waals surface area contributed by atoms with Crippen LogP contribution in [0.4, 0.5) is 0 Å². The van der Waals surface area contributed by atoms with Crippen LogP contribution in [-0.4, -0.2) is 10.1 Å². The minimum atomic E-state index is -0.148. The summed E-state index contributed by atoms with van der Waals surface area (Å²) in [6.07, 6.45) is 0. The summed E-state index contributed by atoms with van der Waals surface area (Å²) in [6.45, 7) is 0. The summed E-state index contributed by atoms with van der Waals surface area (Å²) in [4.78, 5) is 14.5. The summed E-state index contributed by atoms with van der Waals surface area (Å²) in [7, 11) is 0. The van der Waals surface area contributed by atoms with E-state index in [9.17, 15) is 9.90 Å². The van der Waals surface area contributed by atoms with Crippen LogP contribution in [0.5, 0.6) is 5.75 Å². The van der Waals surface area contributed by atoms with Crippen molar-refractivity contribution in [3.63, 3.8) is 0 Å². The van der Waals surface area contributed by atoms with E-state index in [-0.39, 0.29) is 23.7 Å². The van der Waals surface area contributed by atoms with Gasteiger partial charge in [-0.05, 0) is 18.2 Å². The molecule has 0 saturated heterocycles. The highest BCUT2D eigenvalue weighted by molar-refractivity contribution is 7.18. The molecular weight excluding hydrogens is 281 g/mol. The Morgan fingerprint density at radius 2 is 2.12 bits per heavy atom. The predicted octanol–water partition coefficient (Wildman–Crippen LogP) is 3.52. The first-order chi connectivity index (χ1) is 7.66. The summed E-state index contributed by atoms with van der Waals surface area (Å²) in [5, 5.41) is 13.2. The van der Waals surface area contributed by atoms with Crippen LogP contribution < -0.4 is 5.56 Å². The Balaban J connectivity index is 0.00000108. The second-order valence-electron chi connectivity index (χ2n) is 3.47. The number of hydrogen-bond donors (Lipinski definition) is 2. The number of aromatic hydroxyl groups is 1. The number of aromatic nitrogens is 1. The molecule has 0 radical (unpaired) electrons. The van der Waals surface area contributed by atoms with Crippen molar-refractivity contribution in [3.8, 4) is 5.75 Å². The lowest BCUT2D eigenvalue weighted by Crippen LogP contribution is -2.03. The quantitative estimate of drug-likeness (QED) is 0.665. The van der Waals surface area contributed by atoms with Gasteiger partial charge in [-0.25, -0.2) is 0 Å². The maximum atomic E-state index is 11.7. The van der Waals surface area contributed by atoms with E-state index in [1.165, 1.54) is 17.4 Å². The zero-order valence-corrected chi connectivity index (χ0v) is 10.7. The Morgan fingerprint density at radius 3 is 2.88 bits per heavy atom. The van der Waals surface area contributed by atoms with Gasteiger partial charge in [0.15, 0.2) is 0 Å². The highest BCUT2D eigenvalue weighted by Crippen LogP contribution is 2.33. The van der Waals surface area contributed by atoms with Crippen LogP contribution >= 0.6 is 35.3 Å². The molecule has 0 fully saturated rings. The fourth-order valence-electron chi connectivity index (χ4n) is 1.78. The number of H-pyrrole nitrogens is 1. The van der Waals surface area contributed by atoms with Gasteiger partial charge in [0.25, 0.3) is 5.56 Å². The lowest BCUT2D eigenvalue weighted by Gasteiger charge is -2.01. The molecular formula is C11H7Cl2NO2S. The number of phenolic OH excluding ortho intramolecular Hbond substituents is 1. The third-order valence-corrected chi connectivity index (χ3v) is 3.88. The topological polar surface area (TPSA) is 53.1 Å². The Hall–Kier alpha value is -1.23. The summed E-state index contributed by atoms with van der Waals surface area (Å²) < 4.78 is 0.586. The minimum absolute atomic E-state index is 0. The van der Waals surface area contributed by atoms with E-state index in [1.807, 2.05) is 0 Å². The van der Waals surface area contributed by atoms with Crippen LogP contribution in [-0.2, 0) is 0 Å². The number of rotatable bonds is 0. The van der Waals surface area contributed by atoms with Gasteiger partial charge in [-0.15, -0.1) is 23.7 Å². The summed E-state index contributed by atoms with van der Waals surface area (Å²) in [6, 6.07) is 4.80. The third-order valence-electron chi connectivity index (χ3n) is 2.47. The molecule has 3 rings (SSSR count). The fraction of sp³-hybridized carbons (Fsp3) is 0. The van der Waals surface area contributed by atoms with Crippen molar-refractivity contribution < 1.29 is 5.11 Å². The van der Waals surface area contributed by atoms with Crippen LogP contribution in [0.2, 0.25) is 5.02 Å². The molecule has 0 atom stereocenters. The molecule has 0 saturated carbocycles. The van der Waals surface area contributed by atoms with Crippen molar-refractivity contribution >= 4 is 56.3 Å². The van der Waals surface area contributed by atoms with Crippen molar-refractivity contribution in [2.45, 2.75) is 0 Å². The molecule has 0 amide bonds. The molecule has 6 heteroatoms. The molecule has 17 heavy (non-hydrogen) atoms. The SMILES string of the molecule is Cl.O=c1[nH]c2ccc(O)cc2c2c(Cl)csc12. The Morgan fingerprint density at radius 1 is 1.35 bits per heavy atom. The van der Waals surface area contributed by atoms with E-state index < -0.39 is 0 Å². The monoisotopic (exact) mass is 287 g/mol. The first kappa shape index (κ1) is 12.2. The van der Waals surface area contributed by atoms with Crippen LogP contribution in [0.1, 0.15) is 0 Å². The molecule has 0 bridgehead atoms. The van der Waals surface area contributed by atoms with E-state index >= 15 is 0 Å².